The predicted molar refractivity (Wildman–Crippen MR) is 252 cm³/mol. The monoisotopic (exact) mass is 793 g/mol. The van der Waals surface area contributed by atoms with Crippen molar-refractivity contribution in [1.29, 1.82) is 0 Å². The third-order valence-corrected chi connectivity index (χ3v) is 11.8. The molecule has 62 heavy (non-hydrogen) atoms. The van der Waals surface area contributed by atoms with Gasteiger partial charge in [0, 0.05) is 38.2 Å². The maximum Gasteiger partial charge on any atom is 0.164 e. The number of benzene rings is 9. The number of nitrogens with zero attached hydrogens (tertiary/aromatic N) is 3. The van der Waals surface area contributed by atoms with Gasteiger partial charge in [0.25, 0.3) is 0 Å². The highest BCUT2D eigenvalue weighted by molar-refractivity contribution is 6.17. The van der Waals surface area contributed by atoms with Gasteiger partial charge in [-0.05, 0) is 74.8 Å². The number of hydrogen-bond donors (Lipinski definition) is 0. The van der Waals surface area contributed by atoms with Crippen molar-refractivity contribution in [2.45, 2.75) is 0 Å². The van der Waals surface area contributed by atoms with Crippen molar-refractivity contribution < 1.29 is 8.83 Å². The average Bonchev–Trinajstić information content (AvgIpc) is 3.93. The van der Waals surface area contributed by atoms with E-state index in [9.17, 15) is 0 Å². The molecule has 0 saturated heterocycles. The standard InChI is InChI=1S/C57H35N3O2/c1-3-13-36(14-4-1)38-25-29-40(30-26-38)55-58-56(41-31-27-39(28-32-41)37-15-5-2-6-16-37)60-57(59-55)42-33-34-48-52(35-42)62-51-24-12-21-46(54(48)51)44-18-8-7-17-43(44)45-20-11-23-50-53(45)47-19-9-10-22-49(47)61-50/h1-35H. The van der Waals surface area contributed by atoms with Gasteiger partial charge < -0.3 is 8.83 Å². The number of para-hydroxylation sites is 1. The largest absolute Gasteiger partial charge is 0.456 e. The Morgan fingerprint density at radius 3 is 1.16 bits per heavy atom. The summed E-state index contributed by atoms with van der Waals surface area (Å²) in [6.07, 6.45) is 0. The van der Waals surface area contributed by atoms with Crippen LogP contribution in [-0.2, 0) is 0 Å². The minimum atomic E-state index is 0.567. The fourth-order valence-electron chi connectivity index (χ4n) is 8.79. The van der Waals surface area contributed by atoms with Gasteiger partial charge in [0.15, 0.2) is 17.5 Å². The molecule has 290 valence electrons. The van der Waals surface area contributed by atoms with Crippen LogP contribution in [0.1, 0.15) is 0 Å². The van der Waals surface area contributed by atoms with Gasteiger partial charge in [0.05, 0.1) is 0 Å². The Morgan fingerprint density at radius 2 is 0.613 bits per heavy atom. The van der Waals surface area contributed by atoms with E-state index in [0.717, 1.165) is 105 Å². The zero-order valence-corrected chi connectivity index (χ0v) is 33.4. The lowest BCUT2D eigenvalue weighted by molar-refractivity contribution is 0.668. The second-order valence-corrected chi connectivity index (χ2v) is 15.5. The van der Waals surface area contributed by atoms with Crippen LogP contribution in [0.5, 0.6) is 0 Å². The summed E-state index contributed by atoms with van der Waals surface area (Å²) in [5.41, 5.74) is 15.0. The van der Waals surface area contributed by atoms with Gasteiger partial charge in [-0.3, -0.25) is 0 Å². The first-order chi connectivity index (χ1) is 30.7. The smallest absolute Gasteiger partial charge is 0.164 e. The quantitative estimate of drug-likeness (QED) is 0.161. The zero-order chi connectivity index (χ0) is 41.0. The first kappa shape index (κ1) is 35.5. The Bertz CT molecular complexity index is 3510. The molecule has 0 bridgehead atoms. The summed E-state index contributed by atoms with van der Waals surface area (Å²) in [7, 11) is 0. The van der Waals surface area contributed by atoms with Crippen LogP contribution < -0.4 is 0 Å². The molecule has 0 unspecified atom stereocenters. The topological polar surface area (TPSA) is 65.0 Å². The summed E-state index contributed by atoms with van der Waals surface area (Å²) in [5.74, 6) is 1.76. The van der Waals surface area contributed by atoms with Crippen molar-refractivity contribution in [3.63, 3.8) is 0 Å². The molecule has 0 saturated carbocycles. The van der Waals surface area contributed by atoms with Gasteiger partial charge in [-0.15, -0.1) is 0 Å². The Labute approximate surface area is 357 Å². The summed E-state index contributed by atoms with van der Waals surface area (Å²) in [6.45, 7) is 0. The highest BCUT2D eigenvalue weighted by Gasteiger charge is 2.20. The maximum absolute atomic E-state index is 6.69. The molecule has 3 aromatic heterocycles. The second kappa shape index (κ2) is 14.7. The molecule has 0 aliphatic carbocycles. The summed E-state index contributed by atoms with van der Waals surface area (Å²) < 4.78 is 13.0. The van der Waals surface area contributed by atoms with E-state index in [1.165, 1.54) is 0 Å². The predicted octanol–water partition coefficient (Wildman–Crippen LogP) is 15.3. The minimum absolute atomic E-state index is 0.567. The highest BCUT2D eigenvalue weighted by atomic mass is 16.3. The van der Waals surface area contributed by atoms with Crippen molar-refractivity contribution >= 4 is 43.9 Å². The van der Waals surface area contributed by atoms with E-state index in [4.69, 9.17) is 23.8 Å². The summed E-state index contributed by atoms with van der Waals surface area (Å²) in [4.78, 5) is 15.3. The highest BCUT2D eigenvalue weighted by Crippen LogP contribution is 2.44. The van der Waals surface area contributed by atoms with Crippen molar-refractivity contribution in [3.05, 3.63) is 212 Å². The third-order valence-electron chi connectivity index (χ3n) is 11.8. The molecule has 5 nitrogen and oxygen atoms in total. The summed E-state index contributed by atoms with van der Waals surface area (Å²) >= 11 is 0. The fourth-order valence-corrected chi connectivity index (χ4v) is 8.79. The van der Waals surface area contributed by atoms with Crippen molar-refractivity contribution in [2.75, 3.05) is 0 Å². The Balaban J connectivity index is 0.980. The summed E-state index contributed by atoms with van der Waals surface area (Å²) in [6, 6.07) is 73.3. The van der Waals surface area contributed by atoms with Crippen LogP contribution in [-0.4, -0.2) is 15.0 Å². The number of rotatable bonds is 7. The van der Waals surface area contributed by atoms with E-state index in [1.54, 1.807) is 0 Å². The van der Waals surface area contributed by atoms with Gasteiger partial charge in [-0.25, -0.2) is 15.0 Å². The van der Waals surface area contributed by atoms with E-state index in [0.29, 0.717) is 17.5 Å². The molecule has 9 aromatic carbocycles. The van der Waals surface area contributed by atoms with E-state index < -0.39 is 0 Å². The molecule has 0 fully saturated rings. The molecule has 5 heteroatoms. The lowest BCUT2D eigenvalue weighted by Crippen LogP contribution is -2.00. The number of aromatic nitrogens is 3. The van der Waals surface area contributed by atoms with Crippen molar-refractivity contribution in [2.24, 2.45) is 0 Å². The molecule has 0 aliphatic heterocycles. The Kier molecular flexibility index (Phi) is 8.42. The molecule has 0 spiro atoms. The van der Waals surface area contributed by atoms with E-state index in [1.807, 2.05) is 36.4 Å². The molecule has 3 heterocycles. The second-order valence-electron chi connectivity index (χ2n) is 15.5. The van der Waals surface area contributed by atoms with Crippen molar-refractivity contribution in [3.8, 4) is 78.7 Å². The van der Waals surface area contributed by atoms with Crippen LogP contribution >= 0.6 is 0 Å². The van der Waals surface area contributed by atoms with Crippen LogP contribution in [0.15, 0.2) is 221 Å². The zero-order valence-electron chi connectivity index (χ0n) is 33.4. The molecule has 0 amide bonds. The number of hydrogen-bond acceptors (Lipinski definition) is 5. The van der Waals surface area contributed by atoms with Gasteiger partial charge in [-0.2, -0.15) is 0 Å². The normalized spacial score (nSPS) is 11.5. The van der Waals surface area contributed by atoms with Crippen molar-refractivity contribution in [1.82, 2.24) is 15.0 Å². The maximum atomic E-state index is 6.69. The number of fused-ring (bicyclic) bond motifs is 6. The summed E-state index contributed by atoms with van der Waals surface area (Å²) in [5, 5.41) is 4.29. The van der Waals surface area contributed by atoms with E-state index in [2.05, 4.69) is 176 Å². The molecular weight excluding hydrogens is 759 g/mol. The van der Waals surface area contributed by atoms with Gasteiger partial charge in [0.2, 0.25) is 0 Å². The van der Waals surface area contributed by atoms with Gasteiger partial charge >= 0.3 is 0 Å². The lowest BCUT2D eigenvalue weighted by Gasteiger charge is -2.12. The minimum Gasteiger partial charge on any atom is -0.456 e. The Hall–Kier alpha value is -8.41. The lowest BCUT2D eigenvalue weighted by atomic mass is 9.90. The molecular formula is C57H35N3O2. The fraction of sp³-hybridized carbons (Fsp3) is 0. The Morgan fingerprint density at radius 1 is 0.242 bits per heavy atom. The van der Waals surface area contributed by atoms with E-state index in [-0.39, 0.29) is 0 Å². The van der Waals surface area contributed by atoms with Gasteiger partial charge in [-0.1, -0.05) is 182 Å². The first-order valence-corrected chi connectivity index (χ1v) is 20.8. The molecule has 0 atom stereocenters. The van der Waals surface area contributed by atoms with Crippen LogP contribution in [0, 0.1) is 0 Å². The molecule has 0 radical (unpaired) electrons. The van der Waals surface area contributed by atoms with Crippen LogP contribution in [0.3, 0.4) is 0 Å². The molecule has 0 aliphatic rings. The van der Waals surface area contributed by atoms with Crippen LogP contribution in [0.4, 0.5) is 0 Å². The third kappa shape index (κ3) is 6.14. The van der Waals surface area contributed by atoms with E-state index >= 15 is 0 Å². The number of furan rings is 2. The molecule has 12 rings (SSSR count). The van der Waals surface area contributed by atoms with Crippen LogP contribution in [0.25, 0.3) is 123 Å². The average molecular weight is 794 g/mol. The van der Waals surface area contributed by atoms with Gasteiger partial charge in [0.1, 0.15) is 22.3 Å². The molecule has 0 N–H and O–H groups in total. The SMILES string of the molecule is c1ccc(-c2ccc(-c3nc(-c4ccc(-c5ccccc5)cc4)nc(-c4ccc5c(c4)oc4cccc(-c6ccccc6-c6cccc7oc8ccccc8c67)c45)n3)cc2)cc1. The van der Waals surface area contributed by atoms with Crippen LogP contribution in [0.2, 0.25) is 0 Å². The first-order valence-electron chi connectivity index (χ1n) is 20.8. The molecule has 12 aromatic rings.